The van der Waals surface area contributed by atoms with Crippen LogP contribution in [0.15, 0.2) is 16.7 Å². The highest BCUT2D eigenvalue weighted by Crippen LogP contribution is 2.26. The zero-order valence-electron chi connectivity index (χ0n) is 8.54. The number of carbonyl (C=O) groups is 1. The zero-order chi connectivity index (χ0) is 10.1. The van der Waals surface area contributed by atoms with Crippen LogP contribution >= 0.6 is 0 Å². The van der Waals surface area contributed by atoms with Crippen LogP contribution in [-0.2, 0) is 4.79 Å². The average molecular weight is 193 g/mol. The first kappa shape index (κ1) is 9.46. The number of rotatable bonds is 1. The van der Waals surface area contributed by atoms with Gasteiger partial charge in [-0.15, -0.1) is 0 Å². The molecule has 1 saturated heterocycles. The van der Waals surface area contributed by atoms with Crippen LogP contribution in [0.25, 0.3) is 0 Å². The van der Waals surface area contributed by atoms with Gasteiger partial charge in [-0.2, -0.15) is 0 Å². The Morgan fingerprint density at radius 1 is 1.50 bits per heavy atom. The molecule has 1 fully saturated rings. The summed E-state index contributed by atoms with van der Waals surface area (Å²) >= 11 is 0. The molecule has 2 unspecified atom stereocenters. The number of hydrogen-bond donors (Lipinski definition) is 1. The van der Waals surface area contributed by atoms with E-state index >= 15 is 0 Å². The number of carbonyl (C=O) groups excluding carboxylic acids is 1. The highest BCUT2D eigenvalue weighted by Gasteiger charge is 2.26. The topological polar surface area (TPSA) is 42.2 Å². The van der Waals surface area contributed by atoms with Crippen LogP contribution in [0.2, 0.25) is 0 Å². The van der Waals surface area contributed by atoms with Gasteiger partial charge < -0.3 is 9.73 Å². The van der Waals surface area contributed by atoms with Crippen LogP contribution < -0.4 is 5.32 Å². The van der Waals surface area contributed by atoms with Crippen molar-refractivity contribution in [2.75, 3.05) is 0 Å². The third-order valence-electron chi connectivity index (χ3n) is 2.73. The van der Waals surface area contributed by atoms with Gasteiger partial charge in [0.1, 0.15) is 11.5 Å². The Morgan fingerprint density at radius 3 is 2.86 bits per heavy atom. The summed E-state index contributed by atoms with van der Waals surface area (Å²) in [7, 11) is 0. The van der Waals surface area contributed by atoms with Gasteiger partial charge in [-0.1, -0.05) is 0 Å². The van der Waals surface area contributed by atoms with Crippen molar-refractivity contribution in [2.45, 2.75) is 38.8 Å². The molecule has 2 heterocycles. The maximum Gasteiger partial charge on any atom is 0.136 e. The Morgan fingerprint density at radius 2 is 2.29 bits per heavy atom. The van der Waals surface area contributed by atoms with Crippen molar-refractivity contribution in [3.05, 3.63) is 23.7 Å². The van der Waals surface area contributed by atoms with Crippen LogP contribution in [0.4, 0.5) is 0 Å². The molecule has 3 heteroatoms. The first-order valence-corrected chi connectivity index (χ1v) is 4.98. The maximum atomic E-state index is 11.4. The Bertz CT molecular complexity index is 343. The Balaban J connectivity index is 2.19. The number of Topliss-reactive ketones (excluding diaryl/α,β-unsaturated/α-hetero) is 1. The molecular weight excluding hydrogens is 178 g/mol. The van der Waals surface area contributed by atoms with Gasteiger partial charge in [0.2, 0.25) is 0 Å². The van der Waals surface area contributed by atoms with E-state index < -0.39 is 0 Å². The lowest BCUT2D eigenvalue weighted by atomic mass is 9.93. The van der Waals surface area contributed by atoms with E-state index in [2.05, 4.69) is 5.32 Å². The Hall–Kier alpha value is -1.09. The van der Waals surface area contributed by atoms with Gasteiger partial charge >= 0.3 is 0 Å². The number of furan rings is 1. The molecule has 0 aromatic carbocycles. The second-order valence-corrected chi connectivity index (χ2v) is 4.00. The number of aryl methyl sites for hydroxylation is 1. The van der Waals surface area contributed by atoms with Crippen LogP contribution in [0.5, 0.6) is 0 Å². The average Bonchev–Trinajstić information content (AvgIpc) is 2.49. The second kappa shape index (κ2) is 3.58. The van der Waals surface area contributed by atoms with Gasteiger partial charge in [0.15, 0.2) is 0 Å². The van der Waals surface area contributed by atoms with Gasteiger partial charge in [0.25, 0.3) is 0 Å². The molecule has 2 rings (SSSR count). The summed E-state index contributed by atoms with van der Waals surface area (Å²) in [6.45, 7) is 3.97. The molecule has 1 aliphatic rings. The predicted molar refractivity (Wildman–Crippen MR) is 53.0 cm³/mol. The number of nitrogens with one attached hydrogen (secondary N) is 1. The van der Waals surface area contributed by atoms with Crippen molar-refractivity contribution in [1.29, 1.82) is 0 Å². The van der Waals surface area contributed by atoms with Crippen molar-refractivity contribution in [2.24, 2.45) is 0 Å². The predicted octanol–water partition coefficient (Wildman–Crippen LogP) is 1.97. The molecule has 1 aromatic rings. The van der Waals surface area contributed by atoms with E-state index in [9.17, 15) is 4.79 Å². The first-order valence-electron chi connectivity index (χ1n) is 4.98. The molecule has 0 amide bonds. The lowest BCUT2D eigenvalue weighted by Gasteiger charge is -2.27. The van der Waals surface area contributed by atoms with Crippen molar-refractivity contribution in [3.8, 4) is 0 Å². The highest BCUT2D eigenvalue weighted by atomic mass is 16.3. The summed E-state index contributed by atoms with van der Waals surface area (Å²) in [5.41, 5.74) is 1.12. The summed E-state index contributed by atoms with van der Waals surface area (Å²) in [6.07, 6.45) is 2.91. The van der Waals surface area contributed by atoms with E-state index in [1.54, 1.807) is 6.26 Å². The van der Waals surface area contributed by atoms with E-state index in [1.807, 2.05) is 19.9 Å². The first-order chi connectivity index (χ1) is 6.66. The van der Waals surface area contributed by atoms with Crippen molar-refractivity contribution >= 4 is 5.78 Å². The second-order valence-electron chi connectivity index (χ2n) is 4.00. The third kappa shape index (κ3) is 1.73. The Kier molecular flexibility index (Phi) is 2.42. The van der Waals surface area contributed by atoms with Crippen molar-refractivity contribution in [3.63, 3.8) is 0 Å². The van der Waals surface area contributed by atoms with Gasteiger partial charge in [-0.25, -0.2) is 0 Å². The number of piperidine rings is 1. The third-order valence-corrected chi connectivity index (χ3v) is 2.73. The minimum Gasteiger partial charge on any atom is -0.469 e. The minimum atomic E-state index is 0.144. The summed E-state index contributed by atoms with van der Waals surface area (Å²) in [6, 6.07) is 2.36. The fraction of sp³-hybridized carbons (Fsp3) is 0.545. The summed E-state index contributed by atoms with van der Waals surface area (Å²) < 4.78 is 5.24. The van der Waals surface area contributed by atoms with Crippen LogP contribution in [0, 0.1) is 6.92 Å². The number of ketones is 1. The summed E-state index contributed by atoms with van der Waals surface area (Å²) in [5.74, 6) is 1.24. The summed E-state index contributed by atoms with van der Waals surface area (Å²) in [5, 5.41) is 3.41. The molecule has 1 aliphatic heterocycles. The van der Waals surface area contributed by atoms with E-state index in [1.165, 1.54) is 0 Å². The number of hydrogen-bond acceptors (Lipinski definition) is 3. The Labute approximate surface area is 83.5 Å². The monoisotopic (exact) mass is 193 g/mol. The van der Waals surface area contributed by atoms with Gasteiger partial charge in [0.05, 0.1) is 6.26 Å². The van der Waals surface area contributed by atoms with Gasteiger partial charge in [-0.05, 0) is 19.9 Å². The van der Waals surface area contributed by atoms with E-state index in [4.69, 9.17) is 4.42 Å². The molecule has 1 aromatic heterocycles. The zero-order valence-corrected chi connectivity index (χ0v) is 8.54. The smallest absolute Gasteiger partial charge is 0.136 e. The molecule has 0 bridgehead atoms. The van der Waals surface area contributed by atoms with Crippen LogP contribution in [0.3, 0.4) is 0 Å². The van der Waals surface area contributed by atoms with Crippen molar-refractivity contribution < 1.29 is 9.21 Å². The molecule has 0 saturated carbocycles. The molecule has 76 valence electrons. The normalized spacial score (nSPS) is 28.0. The standard InChI is InChI=1S/C11H15NO2/c1-7-5-9(13)6-11(12-7)10-3-4-14-8(10)2/h3-4,7,11-12H,5-6H2,1-2H3. The van der Waals surface area contributed by atoms with E-state index in [0.29, 0.717) is 18.6 Å². The summed E-state index contributed by atoms with van der Waals surface area (Å²) in [4.78, 5) is 11.4. The fourth-order valence-electron chi connectivity index (χ4n) is 2.07. The van der Waals surface area contributed by atoms with Gasteiger partial charge in [0, 0.05) is 30.5 Å². The maximum absolute atomic E-state index is 11.4. The molecule has 0 radical (unpaired) electrons. The largest absolute Gasteiger partial charge is 0.469 e. The quantitative estimate of drug-likeness (QED) is 0.741. The molecule has 0 aliphatic carbocycles. The molecule has 14 heavy (non-hydrogen) atoms. The van der Waals surface area contributed by atoms with E-state index in [-0.39, 0.29) is 12.1 Å². The van der Waals surface area contributed by atoms with E-state index in [0.717, 1.165) is 11.3 Å². The minimum absolute atomic E-state index is 0.144. The molecule has 3 nitrogen and oxygen atoms in total. The molecular formula is C11H15NO2. The van der Waals surface area contributed by atoms with Crippen LogP contribution in [0.1, 0.15) is 37.1 Å². The van der Waals surface area contributed by atoms with Crippen LogP contribution in [-0.4, -0.2) is 11.8 Å². The van der Waals surface area contributed by atoms with Crippen molar-refractivity contribution in [1.82, 2.24) is 5.32 Å². The molecule has 2 atom stereocenters. The van der Waals surface area contributed by atoms with Gasteiger partial charge in [-0.3, -0.25) is 4.79 Å². The molecule has 0 spiro atoms. The molecule has 1 N–H and O–H groups in total. The highest BCUT2D eigenvalue weighted by molar-refractivity contribution is 5.80. The lowest BCUT2D eigenvalue weighted by molar-refractivity contribution is -0.121. The SMILES string of the molecule is Cc1occc1C1CC(=O)CC(C)N1. The fourth-order valence-corrected chi connectivity index (χ4v) is 2.07. The lowest BCUT2D eigenvalue weighted by Crippen LogP contribution is -2.38.